The molecular weight excluding hydrogens is 376 g/mol. The molecule has 6 nitrogen and oxygen atoms in total. The Morgan fingerprint density at radius 3 is 2.13 bits per heavy atom. The lowest BCUT2D eigenvalue weighted by atomic mass is 9.87. The quantitative estimate of drug-likeness (QED) is 0.325. The summed E-state index contributed by atoms with van der Waals surface area (Å²) >= 11 is 0. The SMILES string of the molecule is C=C(C)C(=O)c1ccc(N=Nc2c(C)[nH]n(-c3ccc(C(C)(C)C)cc3)c2=O)cc1. The molecule has 0 saturated carbocycles. The summed E-state index contributed by atoms with van der Waals surface area (Å²) in [6.07, 6.45) is 0. The molecule has 0 amide bonds. The molecule has 6 heteroatoms. The van der Waals surface area contributed by atoms with Crippen LogP contribution in [0.1, 0.15) is 49.3 Å². The Bertz CT molecular complexity index is 1170. The van der Waals surface area contributed by atoms with Crippen molar-refractivity contribution in [2.45, 2.75) is 40.0 Å². The van der Waals surface area contributed by atoms with Crippen molar-refractivity contribution in [2.24, 2.45) is 10.2 Å². The first-order valence-corrected chi connectivity index (χ1v) is 9.72. The summed E-state index contributed by atoms with van der Waals surface area (Å²) in [5.41, 5.74) is 4.14. The van der Waals surface area contributed by atoms with Crippen LogP contribution in [0.25, 0.3) is 5.69 Å². The molecule has 0 fully saturated rings. The molecule has 0 spiro atoms. The Kier molecular flexibility index (Phi) is 5.69. The topological polar surface area (TPSA) is 79.6 Å². The number of Topliss-reactive ketones (excluding diaryl/α,β-unsaturated/α-hetero) is 1. The van der Waals surface area contributed by atoms with E-state index < -0.39 is 0 Å². The number of benzene rings is 2. The number of nitrogens with zero attached hydrogens (tertiary/aromatic N) is 3. The molecule has 154 valence electrons. The van der Waals surface area contributed by atoms with Crippen molar-refractivity contribution in [1.82, 2.24) is 9.78 Å². The fourth-order valence-corrected chi connectivity index (χ4v) is 2.98. The summed E-state index contributed by atoms with van der Waals surface area (Å²) in [6.45, 7) is 13.6. The highest BCUT2D eigenvalue weighted by molar-refractivity contribution is 6.07. The molecule has 2 aromatic carbocycles. The third-order valence-corrected chi connectivity index (χ3v) is 4.81. The van der Waals surface area contributed by atoms with Gasteiger partial charge in [0.05, 0.1) is 17.1 Å². The molecule has 3 aromatic rings. The molecule has 0 bridgehead atoms. The van der Waals surface area contributed by atoms with Crippen LogP contribution in [0, 0.1) is 6.92 Å². The lowest BCUT2D eigenvalue weighted by molar-refractivity contribution is 0.103. The molecule has 0 saturated heterocycles. The highest BCUT2D eigenvalue weighted by Crippen LogP contribution is 2.24. The molecule has 3 rings (SSSR count). The number of aromatic amines is 1. The summed E-state index contributed by atoms with van der Waals surface area (Å²) in [7, 11) is 0. The van der Waals surface area contributed by atoms with E-state index in [4.69, 9.17) is 0 Å². The molecule has 0 atom stereocenters. The van der Waals surface area contributed by atoms with Crippen molar-refractivity contribution in [3.63, 3.8) is 0 Å². The van der Waals surface area contributed by atoms with Crippen LogP contribution < -0.4 is 5.56 Å². The van der Waals surface area contributed by atoms with Gasteiger partial charge in [0, 0.05) is 5.56 Å². The van der Waals surface area contributed by atoms with Crippen LogP contribution in [-0.2, 0) is 5.41 Å². The van der Waals surface area contributed by atoms with Crippen molar-refractivity contribution in [1.29, 1.82) is 0 Å². The van der Waals surface area contributed by atoms with Crippen LogP contribution in [0.2, 0.25) is 0 Å². The zero-order valence-corrected chi connectivity index (χ0v) is 18.0. The molecule has 1 N–H and O–H groups in total. The minimum absolute atomic E-state index is 0.0407. The summed E-state index contributed by atoms with van der Waals surface area (Å²) in [6, 6.07) is 14.6. The van der Waals surface area contributed by atoms with Gasteiger partial charge in [-0.1, -0.05) is 39.5 Å². The number of H-pyrrole nitrogens is 1. The largest absolute Gasteiger partial charge is 0.299 e. The average Bonchev–Trinajstić information content (AvgIpc) is 2.99. The second kappa shape index (κ2) is 8.06. The Hall–Kier alpha value is -3.54. The number of hydrogen-bond donors (Lipinski definition) is 1. The predicted molar refractivity (Wildman–Crippen MR) is 120 cm³/mol. The smallest absolute Gasteiger partial charge is 0.293 e. The second-order valence-corrected chi connectivity index (χ2v) is 8.38. The van der Waals surface area contributed by atoms with Gasteiger partial charge in [0.2, 0.25) is 0 Å². The standard InChI is InChI=1S/C24H26N4O2/c1-15(2)22(29)17-7-11-19(12-8-17)25-26-21-16(3)27-28(23(21)30)20-13-9-18(10-14-20)24(4,5)6/h7-14,27H,1H2,2-6H3. The van der Waals surface area contributed by atoms with Crippen LogP contribution >= 0.6 is 0 Å². The van der Waals surface area contributed by atoms with Crippen LogP contribution in [0.5, 0.6) is 0 Å². The molecule has 30 heavy (non-hydrogen) atoms. The molecule has 0 aliphatic carbocycles. The summed E-state index contributed by atoms with van der Waals surface area (Å²) in [5.74, 6) is -0.111. The average molecular weight is 402 g/mol. The van der Waals surface area contributed by atoms with Gasteiger partial charge in [-0.3, -0.25) is 14.7 Å². The van der Waals surface area contributed by atoms with E-state index in [0.29, 0.717) is 22.5 Å². The van der Waals surface area contributed by atoms with Gasteiger partial charge in [0.15, 0.2) is 11.5 Å². The number of carbonyl (C=O) groups excluding carboxylic acids is 1. The van der Waals surface area contributed by atoms with Crippen molar-refractivity contribution >= 4 is 17.2 Å². The maximum atomic E-state index is 12.8. The van der Waals surface area contributed by atoms with E-state index >= 15 is 0 Å². The Balaban J connectivity index is 1.86. The highest BCUT2D eigenvalue weighted by atomic mass is 16.1. The van der Waals surface area contributed by atoms with Crippen molar-refractivity contribution in [3.8, 4) is 5.69 Å². The fourth-order valence-electron chi connectivity index (χ4n) is 2.98. The number of ketones is 1. The van der Waals surface area contributed by atoms with E-state index in [0.717, 1.165) is 5.69 Å². The number of hydrogen-bond acceptors (Lipinski definition) is 4. The van der Waals surface area contributed by atoms with Crippen LogP contribution in [-0.4, -0.2) is 15.6 Å². The number of aromatic nitrogens is 2. The lowest BCUT2D eigenvalue weighted by Crippen LogP contribution is -2.15. The number of azo groups is 1. The minimum atomic E-state index is -0.270. The number of allylic oxidation sites excluding steroid dienone is 1. The van der Waals surface area contributed by atoms with Gasteiger partial charge in [-0.25, -0.2) is 4.68 Å². The molecular formula is C24H26N4O2. The monoisotopic (exact) mass is 402 g/mol. The van der Waals surface area contributed by atoms with Gasteiger partial charge in [-0.05, 0) is 66.8 Å². The van der Waals surface area contributed by atoms with Gasteiger partial charge >= 0.3 is 0 Å². The van der Waals surface area contributed by atoms with Gasteiger partial charge in [0.1, 0.15) is 0 Å². The molecule has 0 aliphatic heterocycles. The summed E-state index contributed by atoms with van der Waals surface area (Å²) in [5, 5.41) is 11.4. The molecule has 0 aliphatic rings. The van der Waals surface area contributed by atoms with Gasteiger partial charge in [-0.15, -0.1) is 5.11 Å². The first kappa shape index (κ1) is 21.2. The summed E-state index contributed by atoms with van der Waals surface area (Å²) in [4.78, 5) is 24.8. The fraction of sp³-hybridized carbons (Fsp3) is 0.250. The predicted octanol–water partition coefficient (Wildman–Crippen LogP) is 5.95. The highest BCUT2D eigenvalue weighted by Gasteiger charge is 2.15. The van der Waals surface area contributed by atoms with Crippen LogP contribution in [0.4, 0.5) is 11.4 Å². The van der Waals surface area contributed by atoms with Crippen molar-refractivity contribution in [2.75, 3.05) is 0 Å². The maximum Gasteiger partial charge on any atom is 0.299 e. The zero-order chi connectivity index (χ0) is 22.1. The van der Waals surface area contributed by atoms with E-state index in [2.05, 4.69) is 42.7 Å². The normalized spacial score (nSPS) is 11.8. The van der Waals surface area contributed by atoms with Gasteiger partial charge in [0.25, 0.3) is 5.56 Å². The molecule has 0 radical (unpaired) electrons. The van der Waals surface area contributed by atoms with Gasteiger partial charge in [-0.2, -0.15) is 5.11 Å². The van der Waals surface area contributed by atoms with Crippen molar-refractivity contribution in [3.05, 3.63) is 87.9 Å². The number of rotatable bonds is 5. The molecule has 1 heterocycles. The molecule has 0 unspecified atom stereocenters. The van der Waals surface area contributed by atoms with Crippen LogP contribution in [0.3, 0.4) is 0 Å². The molecule has 1 aromatic heterocycles. The lowest BCUT2D eigenvalue weighted by Gasteiger charge is -2.19. The first-order chi connectivity index (χ1) is 14.1. The minimum Gasteiger partial charge on any atom is -0.293 e. The van der Waals surface area contributed by atoms with Gasteiger partial charge < -0.3 is 0 Å². The second-order valence-electron chi connectivity index (χ2n) is 8.38. The van der Waals surface area contributed by atoms with E-state index in [1.165, 1.54) is 10.2 Å². The third kappa shape index (κ3) is 4.38. The van der Waals surface area contributed by atoms with E-state index in [1.807, 2.05) is 24.3 Å². The third-order valence-electron chi connectivity index (χ3n) is 4.81. The number of carbonyl (C=O) groups is 1. The van der Waals surface area contributed by atoms with E-state index in [-0.39, 0.29) is 22.4 Å². The Morgan fingerprint density at radius 1 is 1.00 bits per heavy atom. The number of aryl methyl sites for hydroxylation is 1. The Morgan fingerprint density at radius 2 is 1.60 bits per heavy atom. The zero-order valence-electron chi connectivity index (χ0n) is 18.0. The maximum absolute atomic E-state index is 12.8. The summed E-state index contributed by atoms with van der Waals surface area (Å²) < 4.78 is 1.46. The first-order valence-electron chi connectivity index (χ1n) is 9.72. The van der Waals surface area contributed by atoms with E-state index in [9.17, 15) is 9.59 Å². The Labute approximate surface area is 176 Å². The van der Waals surface area contributed by atoms with E-state index in [1.54, 1.807) is 38.1 Å². The number of nitrogens with one attached hydrogen (secondary N) is 1. The van der Waals surface area contributed by atoms with Crippen LogP contribution in [0.15, 0.2) is 75.7 Å². The van der Waals surface area contributed by atoms with Crippen molar-refractivity contribution < 1.29 is 4.79 Å².